The Balaban J connectivity index is 1.65. The van der Waals surface area contributed by atoms with Crippen LogP contribution in [0.2, 0.25) is 0 Å². The smallest absolute Gasteiger partial charge is 0.421 e. The summed E-state index contributed by atoms with van der Waals surface area (Å²) >= 11 is 0. The molecule has 0 aliphatic carbocycles. The van der Waals surface area contributed by atoms with E-state index in [2.05, 4.69) is 35.5 Å². The lowest BCUT2D eigenvalue weighted by atomic mass is 10.2. The number of alkyl halides is 3. The minimum absolute atomic E-state index is 0.0661. The highest BCUT2D eigenvalue weighted by Crippen LogP contribution is 2.37. The second-order valence-electron chi connectivity index (χ2n) is 8.25. The summed E-state index contributed by atoms with van der Waals surface area (Å²) in [5.74, 6) is -0.196. The normalized spacial score (nSPS) is 14.2. The van der Waals surface area contributed by atoms with Gasteiger partial charge in [-0.25, -0.2) is 13.4 Å². The highest BCUT2D eigenvalue weighted by atomic mass is 32.2. The summed E-state index contributed by atoms with van der Waals surface area (Å²) in [6.07, 6.45) is -3.16. The lowest BCUT2D eigenvalue weighted by Crippen LogP contribution is -2.43. The molecule has 2 aromatic carbocycles. The number of aromatic nitrogens is 2. The first kappa shape index (κ1) is 26.3. The van der Waals surface area contributed by atoms with Gasteiger partial charge in [0.25, 0.3) is 0 Å². The maximum Gasteiger partial charge on any atom is 0.421 e. The van der Waals surface area contributed by atoms with Crippen LogP contribution in [0.3, 0.4) is 0 Å². The third-order valence-electron chi connectivity index (χ3n) is 5.48. The molecular formula is C23H26F3N7O3S. The van der Waals surface area contributed by atoms with Crippen molar-refractivity contribution in [3.05, 3.63) is 54.2 Å². The largest absolute Gasteiger partial charge is 0.494 e. The summed E-state index contributed by atoms with van der Waals surface area (Å²) in [5.41, 5.74) is 0.450. The number of anilines is 6. The molecule has 1 saturated heterocycles. The number of nitrogens with zero attached hydrogens (tertiary/aromatic N) is 3. The zero-order valence-corrected chi connectivity index (χ0v) is 20.9. The van der Waals surface area contributed by atoms with E-state index in [1.54, 1.807) is 18.2 Å². The fourth-order valence-electron chi connectivity index (χ4n) is 3.78. The minimum atomic E-state index is -4.76. The zero-order valence-electron chi connectivity index (χ0n) is 20.1. The van der Waals surface area contributed by atoms with Crippen LogP contribution in [0.4, 0.5) is 47.7 Å². The Kier molecular flexibility index (Phi) is 7.59. The molecule has 3 aromatic rings. The van der Waals surface area contributed by atoms with Crippen LogP contribution in [0, 0.1) is 0 Å². The van der Waals surface area contributed by atoms with Gasteiger partial charge in [-0.1, -0.05) is 12.1 Å². The first-order valence-corrected chi connectivity index (χ1v) is 13.1. The van der Waals surface area contributed by atoms with Crippen LogP contribution in [-0.2, 0) is 16.2 Å². The Morgan fingerprint density at radius 3 is 2.38 bits per heavy atom. The molecule has 198 valence electrons. The number of rotatable bonds is 8. The molecule has 1 aromatic heterocycles. The Morgan fingerprint density at radius 2 is 1.73 bits per heavy atom. The van der Waals surface area contributed by atoms with Gasteiger partial charge >= 0.3 is 6.18 Å². The molecule has 0 unspecified atom stereocenters. The van der Waals surface area contributed by atoms with Crippen molar-refractivity contribution in [3.8, 4) is 5.75 Å². The Hall–Kier alpha value is -3.78. The van der Waals surface area contributed by atoms with Gasteiger partial charge in [-0.2, -0.15) is 18.2 Å². The van der Waals surface area contributed by atoms with Crippen molar-refractivity contribution in [2.45, 2.75) is 6.18 Å². The minimum Gasteiger partial charge on any atom is -0.494 e. The Labute approximate surface area is 212 Å². The third-order valence-corrected chi connectivity index (χ3v) is 6.07. The molecule has 10 nitrogen and oxygen atoms in total. The van der Waals surface area contributed by atoms with Crippen LogP contribution < -0.4 is 30.3 Å². The molecule has 0 spiro atoms. The molecule has 4 rings (SSSR count). The van der Waals surface area contributed by atoms with Crippen LogP contribution in [0.5, 0.6) is 5.75 Å². The van der Waals surface area contributed by atoms with Gasteiger partial charge in [-0.15, -0.1) is 0 Å². The molecular weight excluding hydrogens is 511 g/mol. The van der Waals surface area contributed by atoms with Gasteiger partial charge in [0.15, 0.2) is 0 Å². The zero-order chi connectivity index (χ0) is 26.6. The van der Waals surface area contributed by atoms with Gasteiger partial charge < -0.3 is 25.6 Å². The molecule has 0 amide bonds. The highest BCUT2D eigenvalue weighted by molar-refractivity contribution is 7.92. The molecule has 0 atom stereocenters. The number of hydrogen-bond acceptors (Lipinski definition) is 9. The van der Waals surface area contributed by atoms with Crippen molar-refractivity contribution in [2.75, 3.05) is 59.8 Å². The van der Waals surface area contributed by atoms with Gasteiger partial charge in [0.1, 0.15) is 17.1 Å². The second-order valence-corrected chi connectivity index (χ2v) is 9.99. The van der Waals surface area contributed by atoms with Gasteiger partial charge in [0, 0.05) is 44.1 Å². The predicted molar refractivity (Wildman–Crippen MR) is 137 cm³/mol. The van der Waals surface area contributed by atoms with E-state index in [-0.39, 0.29) is 17.3 Å². The molecule has 1 aliphatic rings. The molecule has 1 aliphatic heterocycles. The van der Waals surface area contributed by atoms with Gasteiger partial charge in [-0.3, -0.25) is 4.72 Å². The number of para-hydroxylation sites is 2. The monoisotopic (exact) mass is 537 g/mol. The quantitative estimate of drug-likeness (QED) is 0.340. The number of benzene rings is 2. The molecule has 37 heavy (non-hydrogen) atoms. The first-order chi connectivity index (χ1) is 17.5. The molecule has 14 heteroatoms. The summed E-state index contributed by atoms with van der Waals surface area (Å²) in [6.45, 7) is 3.39. The van der Waals surface area contributed by atoms with E-state index in [9.17, 15) is 21.6 Å². The van der Waals surface area contributed by atoms with Crippen molar-refractivity contribution >= 4 is 44.5 Å². The number of methoxy groups -OCH3 is 1. The number of nitrogens with one attached hydrogen (secondary N) is 4. The second kappa shape index (κ2) is 10.7. The maximum atomic E-state index is 13.7. The van der Waals surface area contributed by atoms with Crippen molar-refractivity contribution in [3.63, 3.8) is 0 Å². The van der Waals surface area contributed by atoms with E-state index in [4.69, 9.17) is 4.74 Å². The number of ether oxygens (including phenoxy) is 1. The molecule has 1 fully saturated rings. The molecule has 4 N–H and O–H groups in total. The maximum absolute atomic E-state index is 13.7. The average Bonchev–Trinajstić information content (AvgIpc) is 2.84. The number of sulfonamides is 1. The van der Waals surface area contributed by atoms with E-state index >= 15 is 0 Å². The van der Waals surface area contributed by atoms with Gasteiger partial charge in [0.05, 0.1) is 30.4 Å². The number of halogens is 3. The van der Waals surface area contributed by atoms with Crippen LogP contribution in [0.25, 0.3) is 0 Å². The van der Waals surface area contributed by atoms with Gasteiger partial charge in [0.2, 0.25) is 16.0 Å². The predicted octanol–water partition coefficient (Wildman–Crippen LogP) is 3.77. The summed E-state index contributed by atoms with van der Waals surface area (Å²) < 4.78 is 72.4. The SMILES string of the molecule is COc1cc(N2CCNCC2)ccc1Nc1ncc(C(F)(F)F)c(Nc2ccccc2NS(C)(=O)=O)n1. The van der Waals surface area contributed by atoms with E-state index < -0.39 is 27.6 Å². The average molecular weight is 538 g/mol. The molecule has 0 radical (unpaired) electrons. The lowest BCUT2D eigenvalue weighted by molar-refractivity contribution is -0.137. The fourth-order valence-corrected chi connectivity index (χ4v) is 4.35. The van der Waals surface area contributed by atoms with Crippen LogP contribution in [0.15, 0.2) is 48.7 Å². The number of hydrogen-bond donors (Lipinski definition) is 4. The Morgan fingerprint density at radius 1 is 1.03 bits per heavy atom. The number of piperazine rings is 1. The van der Waals surface area contributed by atoms with Crippen molar-refractivity contribution in [1.82, 2.24) is 15.3 Å². The van der Waals surface area contributed by atoms with Crippen molar-refractivity contribution in [2.24, 2.45) is 0 Å². The Bertz CT molecular complexity index is 1360. The third kappa shape index (κ3) is 6.71. The van der Waals surface area contributed by atoms with Crippen LogP contribution in [-0.4, -0.2) is 57.9 Å². The summed E-state index contributed by atoms with van der Waals surface area (Å²) in [6, 6.07) is 11.4. The standard InChI is InChI=1S/C23H26F3N7O3S/c1-36-20-13-15(33-11-9-27-10-12-33)7-8-19(20)30-22-28-14-16(23(24,25)26)21(31-22)29-17-5-3-4-6-18(17)32-37(2,34)35/h3-8,13-14,27,32H,9-12H2,1-2H3,(H2,28,29,30,31). The van der Waals surface area contributed by atoms with E-state index in [0.29, 0.717) is 17.6 Å². The summed E-state index contributed by atoms with van der Waals surface area (Å²) in [5, 5.41) is 8.80. The fraction of sp³-hybridized carbons (Fsp3) is 0.304. The van der Waals surface area contributed by atoms with E-state index in [1.807, 2.05) is 12.1 Å². The van der Waals surface area contributed by atoms with Crippen molar-refractivity contribution in [1.29, 1.82) is 0 Å². The lowest BCUT2D eigenvalue weighted by Gasteiger charge is -2.30. The van der Waals surface area contributed by atoms with Gasteiger partial charge in [-0.05, 0) is 24.3 Å². The van der Waals surface area contributed by atoms with Crippen LogP contribution >= 0.6 is 0 Å². The van der Waals surface area contributed by atoms with Crippen LogP contribution in [0.1, 0.15) is 5.56 Å². The van der Waals surface area contributed by atoms with E-state index in [1.165, 1.54) is 19.2 Å². The highest BCUT2D eigenvalue weighted by Gasteiger charge is 2.35. The van der Waals surface area contributed by atoms with E-state index in [0.717, 1.165) is 38.1 Å². The topological polar surface area (TPSA) is 121 Å². The first-order valence-electron chi connectivity index (χ1n) is 11.2. The summed E-state index contributed by atoms with van der Waals surface area (Å²) in [4.78, 5) is 10.1. The molecule has 0 saturated carbocycles. The molecule has 0 bridgehead atoms. The summed E-state index contributed by atoms with van der Waals surface area (Å²) in [7, 11) is -2.18. The van der Waals surface area contributed by atoms with Crippen molar-refractivity contribution < 1.29 is 26.3 Å². The molecule has 2 heterocycles.